The summed E-state index contributed by atoms with van der Waals surface area (Å²) in [6, 6.07) is 10.5. The number of fused-ring (bicyclic) bond motifs is 2. The molecule has 1 aliphatic heterocycles. The highest BCUT2D eigenvalue weighted by Crippen LogP contribution is 2.18. The van der Waals surface area contributed by atoms with E-state index >= 15 is 0 Å². The Labute approximate surface area is 148 Å². The van der Waals surface area contributed by atoms with Crippen molar-refractivity contribution in [3.05, 3.63) is 73.9 Å². The molecule has 0 spiro atoms. The van der Waals surface area contributed by atoms with Crippen molar-refractivity contribution in [1.82, 2.24) is 19.7 Å². The van der Waals surface area contributed by atoms with Gasteiger partial charge in [0.05, 0.1) is 5.69 Å². The van der Waals surface area contributed by atoms with Crippen LogP contribution in [0.4, 0.5) is 0 Å². The zero-order chi connectivity index (χ0) is 18.3. The van der Waals surface area contributed by atoms with Crippen molar-refractivity contribution in [2.75, 3.05) is 6.54 Å². The summed E-state index contributed by atoms with van der Waals surface area (Å²) in [5, 5.41) is 5.16. The molecule has 1 aromatic carbocycles. The molecule has 0 unspecified atom stereocenters. The van der Waals surface area contributed by atoms with Crippen molar-refractivity contribution in [1.29, 1.82) is 0 Å². The maximum Gasteiger partial charge on any atom is 0.267 e. The van der Waals surface area contributed by atoms with Gasteiger partial charge in [0.2, 0.25) is 0 Å². The number of nitrogens with zero attached hydrogens (tertiary/aromatic N) is 3. The molecule has 132 valence electrons. The van der Waals surface area contributed by atoms with Crippen molar-refractivity contribution in [2.45, 2.75) is 26.4 Å². The SMILES string of the molecule is CCn1nc2c(cc1=O)CN(C(=O)c1cc3ccccc3[nH]c1=O)CC2. The Hall–Kier alpha value is -3.22. The molecule has 2 aromatic heterocycles. The second-order valence-corrected chi connectivity index (χ2v) is 6.35. The van der Waals surface area contributed by atoms with E-state index in [1.807, 2.05) is 25.1 Å². The second kappa shape index (κ2) is 6.25. The molecule has 0 aliphatic carbocycles. The minimum absolute atomic E-state index is 0.113. The van der Waals surface area contributed by atoms with Gasteiger partial charge in [-0.25, -0.2) is 4.68 Å². The van der Waals surface area contributed by atoms with E-state index in [1.54, 1.807) is 17.0 Å². The summed E-state index contributed by atoms with van der Waals surface area (Å²) >= 11 is 0. The quantitative estimate of drug-likeness (QED) is 0.755. The Kier molecular flexibility index (Phi) is 3.91. The third-order valence-electron chi connectivity index (χ3n) is 4.71. The van der Waals surface area contributed by atoms with Gasteiger partial charge >= 0.3 is 0 Å². The summed E-state index contributed by atoms with van der Waals surface area (Å²) in [6.07, 6.45) is 0.562. The van der Waals surface area contributed by atoms with Crippen LogP contribution in [0, 0.1) is 0 Å². The molecule has 1 aliphatic rings. The van der Waals surface area contributed by atoms with E-state index in [0.29, 0.717) is 25.0 Å². The number of hydrogen-bond donors (Lipinski definition) is 1. The number of pyridine rings is 1. The Morgan fingerprint density at radius 2 is 2.04 bits per heavy atom. The van der Waals surface area contributed by atoms with Crippen molar-refractivity contribution in [2.24, 2.45) is 0 Å². The summed E-state index contributed by atoms with van der Waals surface area (Å²) in [5.74, 6) is -0.331. The van der Waals surface area contributed by atoms with Gasteiger partial charge in [-0.15, -0.1) is 0 Å². The van der Waals surface area contributed by atoms with Crippen molar-refractivity contribution >= 4 is 16.8 Å². The highest BCUT2D eigenvalue weighted by atomic mass is 16.2. The molecule has 4 rings (SSSR count). The van der Waals surface area contributed by atoms with Gasteiger partial charge < -0.3 is 9.88 Å². The van der Waals surface area contributed by atoms with Crippen molar-refractivity contribution in [3.63, 3.8) is 0 Å². The third-order valence-corrected chi connectivity index (χ3v) is 4.71. The fourth-order valence-corrected chi connectivity index (χ4v) is 3.32. The lowest BCUT2D eigenvalue weighted by Crippen LogP contribution is -2.40. The molecular formula is C19H18N4O3. The first-order valence-corrected chi connectivity index (χ1v) is 8.58. The molecule has 1 amide bonds. The number of rotatable bonds is 2. The molecule has 7 nitrogen and oxygen atoms in total. The van der Waals surface area contributed by atoms with Gasteiger partial charge in [0.15, 0.2) is 0 Å². The van der Waals surface area contributed by atoms with E-state index in [9.17, 15) is 14.4 Å². The van der Waals surface area contributed by atoms with Gasteiger partial charge in [0.25, 0.3) is 17.0 Å². The Balaban J connectivity index is 1.68. The number of hydrogen-bond acceptors (Lipinski definition) is 4. The van der Waals surface area contributed by atoms with Crippen LogP contribution in [0.5, 0.6) is 0 Å². The molecule has 3 heterocycles. The molecule has 1 N–H and O–H groups in total. The van der Waals surface area contributed by atoms with Crippen LogP contribution in [0.2, 0.25) is 0 Å². The number of carbonyl (C=O) groups excluding carboxylic acids is 1. The van der Waals surface area contributed by atoms with Crippen LogP contribution in [0.1, 0.15) is 28.5 Å². The number of aromatic amines is 1. The standard InChI is InChI=1S/C19H18N4O3/c1-2-23-17(24)10-13-11-22(8-7-16(13)21-23)19(26)14-9-12-5-3-4-6-15(12)20-18(14)25/h3-6,9-10H,2,7-8,11H2,1H3,(H,20,25). The Morgan fingerprint density at radius 3 is 2.85 bits per heavy atom. The first-order chi connectivity index (χ1) is 12.6. The van der Waals surface area contributed by atoms with Crippen LogP contribution in [-0.2, 0) is 19.5 Å². The molecule has 0 radical (unpaired) electrons. The van der Waals surface area contributed by atoms with E-state index in [0.717, 1.165) is 16.6 Å². The maximum atomic E-state index is 12.9. The monoisotopic (exact) mass is 350 g/mol. The van der Waals surface area contributed by atoms with Crippen LogP contribution >= 0.6 is 0 Å². The number of amides is 1. The summed E-state index contributed by atoms with van der Waals surface area (Å²) in [7, 11) is 0. The molecule has 0 fully saturated rings. The van der Waals surface area contributed by atoms with E-state index in [4.69, 9.17) is 0 Å². The highest BCUT2D eigenvalue weighted by molar-refractivity contribution is 5.97. The van der Waals surface area contributed by atoms with Crippen LogP contribution in [-0.4, -0.2) is 32.1 Å². The predicted molar refractivity (Wildman–Crippen MR) is 97.2 cm³/mol. The summed E-state index contributed by atoms with van der Waals surface area (Å²) in [6.45, 7) is 3.13. The first-order valence-electron chi connectivity index (χ1n) is 8.58. The van der Waals surface area contributed by atoms with Crippen LogP contribution in [0.3, 0.4) is 0 Å². The van der Waals surface area contributed by atoms with E-state index in [2.05, 4.69) is 10.1 Å². The lowest BCUT2D eigenvalue weighted by atomic mass is 10.0. The minimum atomic E-state index is -0.404. The Morgan fingerprint density at radius 1 is 1.23 bits per heavy atom. The van der Waals surface area contributed by atoms with Crippen molar-refractivity contribution in [3.8, 4) is 0 Å². The van der Waals surface area contributed by atoms with Gasteiger partial charge in [0.1, 0.15) is 5.56 Å². The number of benzene rings is 1. The average molecular weight is 350 g/mol. The number of para-hydroxylation sites is 1. The number of carbonyl (C=O) groups is 1. The minimum Gasteiger partial charge on any atom is -0.334 e. The van der Waals surface area contributed by atoms with Crippen molar-refractivity contribution < 1.29 is 4.79 Å². The summed E-state index contributed by atoms with van der Waals surface area (Å²) < 4.78 is 1.42. The smallest absolute Gasteiger partial charge is 0.267 e. The molecule has 0 saturated carbocycles. The molecule has 3 aromatic rings. The van der Waals surface area contributed by atoms with Crippen LogP contribution < -0.4 is 11.1 Å². The predicted octanol–water partition coefficient (Wildman–Crippen LogP) is 1.30. The van der Waals surface area contributed by atoms with Gasteiger partial charge in [0, 0.05) is 43.2 Å². The van der Waals surface area contributed by atoms with Crippen LogP contribution in [0.25, 0.3) is 10.9 Å². The lowest BCUT2D eigenvalue weighted by molar-refractivity contribution is 0.0731. The zero-order valence-electron chi connectivity index (χ0n) is 14.4. The first kappa shape index (κ1) is 16.3. The second-order valence-electron chi connectivity index (χ2n) is 6.35. The summed E-state index contributed by atoms with van der Waals surface area (Å²) in [5.41, 5.74) is 1.81. The van der Waals surface area contributed by atoms with E-state index < -0.39 is 5.56 Å². The van der Waals surface area contributed by atoms with Gasteiger partial charge in [-0.05, 0) is 24.4 Å². The number of nitrogens with one attached hydrogen (secondary N) is 1. The van der Waals surface area contributed by atoms with E-state index in [1.165, 1.54) is 10.7 Å². The van der Waals surface area contributed by atoms with Gasteiger partial charge in [-0.1, -0.05) is 18.2 Å². The molecule has 0 saturated heterocycles. The molecule has 0 atom stereocenters. The molecule has 7 heteroatoms. The largest absolute Gasteiger partial charge is 0.334 e. The normalized spacial score (nSPS) is 13.7. The zero-order valence-corrected chi connectivity index (χ0v) is 14.4. The summed E-state index contributed by atoms with van der Waals surface area (Å²) in [4.78, 5) is 41.6. The average Bonchev–Trinajstić information content (AvgIpc) is 2.65. The lowest BCUT2D eigenvalue weighted by Gasteiger charge is -2.28. The maximum absolute atomic E-state index is 12.9. The molecular weight excluding hydrogens is 332 g/mol. The molecule has 26 heavy (non-hydrogen) atoms. The van der Waals surface area contributed by atoms with E-state index in [-0.39, 0.29) is 23.6 Å². The number of H-pyrrole nitrogens is 1. The molecule has 0 bridgehead atoms. The number of aromatic nitrogens is 3. The highest BCUT2D eigenvalue weighted by Gasteiger charge is 2.25. The topological polar surface area (TPSA) is 88.1 Å². The fraction of sp³-hybridized carbons (Fsp3) is 0.263. The fourth-order valence-electron chi connectivity index (χ4n) is 3.32. The Bertz CT molecular complexity index is 1130. The van der Waals surface area contributed by atoms with Gasteiger partial charge in [-0.2, -0.15) is 5.10 Å². The van der Waals surface area contributed by atoms with Gasteiger partial charge in [-0.3, -0.25) is 14.4 Å². The van der Waals surface area contributed by atoms with Crippen LogP contribution in [0.15, 0.2) is 46.0 Å². The third kappa shape index (κ3) is 2.71. The number of aryl methyl sites for hydroxylation is 1.